The molecule has 1 aliphatic heterocycles. The highest BCUT2D eigenvalue weighted by Gasteiger charge is 2.31. The summed E-state index contributed by atoms with van der Waals surface area (Å²) in [6.07, 6.45) is 0.640. The number of nitrogens with zero attached hydrogens (tertiary/aromatic N) is 2. The van der Waals surface area contributed by atoms with E-state index in [0.717, 1.165) is 16.8 Å². The average molecular weight is 380 g/mol. The second kappa shape index (κ2) is 7.06. The van der Waals surface area contributed by atoms with Gasteiger partial charge in [-0.15, -0.1) is 0 Å². The molecule has 0 saturated heterocycles. The summed E-state index contributed by atoms with van der Waals surface area (Å²) in [4.78, 5) is 12.7. The Bertz CT molecular complexity index is 1260. The maximum absolute atomic E-state index is 12.7. The van der Waals surface area contributed by atoms with E-state index in [9.17, 15) is 4.79 Å². The summed E-state index contributed by atoms with van der Waals surface area (Å²) in [7, 11) is 0. The van der Waals surface area contributed by atoms with Gasteiger partial charge in [0.1, 0.15) is 5.58 Å². The fraction of sp³-hybridized carbons (Fsp3) is 0.120. The number of anilines is 1. The third-order valence-corrected chi connectivity index (χ3v) is 5.35. The molecule has 1 unspecified atom stereocenters. The van der Waals surface area contributed by atoms with Crippen LogP contribution in [0.4, 0.5) is 5.69 Å². The van der Waals surface area contributed by atoms with Crippen LogP contribution < -0.4 is 10.6 Å². The van der Waals surface area contributed by atoms with Crippen molar-refractivity contribution in [3.8, 4) is 0 Å². The molecule has 0 radical (unpaired) electrons. The molecule has 0 aliphatic carbocycles. The lowest BCUT2D eigenvalue weighted by Gasteiger charge is -2.24. The summed E-state index contributed by atoms with van der Waals surface area (Å²) in [5.41, 5.74) is 4.91. The lowest BCUT2D eigenvalue weighted by atomic mass is 9.97. The van der Waals surface area contributed by atoms with Gasteiger partial charge in [-0.3, -0.25) is 5.01 Å². The molecule has 4 aromatic rings. The molecule has 1 aliphatic rings. The van der Waals surface area contributed by atoms with Crippen molar-refractivity contribution in [1.82, 2.24) is 0 Å². The topological polar surface area (TPSA) is 45.8 Å². The minimum atomic E-state index is -0.347. The van der Waals surface area contributed by atoms with E-state index in [1.54, 1.807) is 0 Å². The monoisotopic (exact) mass is 380 g/mol. The molecule has 0 spiro atoms. The number of aryl methyl sites for hydroxylation is 1. The third kappa shape index (κ3) is 3.23. The van der Waals surface area contributed by atoms with Gasteiger partial charge in [0.2, 0.25) is 0 Å². The Morgan fingerprint density at radius 1 is 0.931 bits per heavy atom. The van der Waals surface area contributed by atoms with Gasteiger partial charge in [-0.1, -0.05) is 66.2 Å². The molecule has 4 heteroatoms. The van der Waals surface area contributed by atoms with Crippen molar-refractivity contribution in [3.63, 3.8) is 0 Å². The van der Waals surface area contributed by atoms with E-state index in [1.807, 2.05) is 65.7 Å². The van der Waals surface area contributed by atoms with Crippen LogP contribution in [-0.4, -0.2) is 5.71 Å². The Morgan fingerprint density at radius 3 is 2.45 bits per heavy atom. The number of rotatable bonds is 3. The van der Waals surface area contributed by atoms with Crippen molar-refractivity contribution in [2.24, 2.45) is 5.10 Å². The molecule has 29 heavy (non-hydrogen) atoms. The molecule has 1 atom stereocenters. The van der Waals surface area contributed by atoms with Crippen LogP contribution in [0.3, 0.4) is 0 Å². The summed E-state index contributed by atoms with van der Waals surface area (Å²) in [6.45, 7) is 2.08. The first kappa shape index (κ1) is 17.4. The molecule has 0 saturated carbocycles. The van der Waals surface area contributed by atoms with Gasteiger partial charge in [0.15, 0.2) is 0 Å². The molecule has 142 valence electrons. The number of benzene rings is 3. The van der Waals surface area contributed by atoms with Crippen LogP contribution in [-0.2, 0) is 0 Å². The van der Waals surface area contributed by atoms with Crippen LogP contribution in [0.25, 0.3) is 11.0 Å². The number of hydrogen-bond acceptors (Lipinski definition) is 4. The highest BCUT2D eigenvalue weighted by atomic mass is 16.4. The highest BCUT2D eigenvalue weighted by Crippen LogP contribution is 2.36. The standard InChI is InChI=1S/C25H20N2O2/c1-17-11-13-18(14-12-17)23-16-22(26-27(23)20-8-3-2-4-9-20)21-15-19-7-5-6-10-24(19)29-25(21)28/h2-15,23H,16H2,1H3. The lowest BCUT2D eigenvalue weighted by molar-refractivity contribution is 0.559. The smallest absolute Gasteiger partial charge is 0.345 e. The quantitative estimate of drug-likeness (QED) is 0.444. The van der Waals surface area contributed by atoms with E-state index in [1.165, 1.54) is 11.1 Å². The number of fused-ring (bicyclic) bond motifs is 1. The first-order valence-electron chi connectivity index (χ1n) is 9.71. The third-order valence-electron chi connectivity index (χ3n) is 5.35. The SMILES string of the molecule is Cc1ccc(C2CC(c3cc4ccccc4oc3=O)=NN2c2ccccc2)cc1. The predicted molar refractivity (Wildman–Crippen MR) is 116 cm³/mol. The van der Waals surface area contributed by atoms with Crippen molar-refractivity contribution in [2.75, 3.05) is 5.01 Å². The molecule has 0 N–H and O–H groups in total. The second-order valence-corrected chi connectivity index (χ2v) is 7.34. The molecule has 3 aromatic carbocycles. The summed E-state index contributed by atoms with van der Waals surface area (Å²) in [5, 5.41) is 7.77. The molecular weight excluding hydrogens is 360 g/mol. The van der Waals surface area contributed by atoms with Crippen LogP contribution in [0, 0.1) is 6.92 Å². The molecule has 0 amide bonds. The molecule has 1 aromatic heterocycles. The van der Waals surface area contributed by atoms with E-state index >= 15 is 0 Å². The summed E-state index contributed by atoms with van der Waals surface area (Å²) < 4.78 is 5.55. The van der Waals surface area contributed by atoms with Crippen molar-refractivity contribution in [1.29, 1.82) is 0 Å². The van der Waals surface area contributed by atoms with Gasteiger partial charge in [-0.2, -0.15) is 5.10 Å². The fourth-order valence-electron chi connectivity index (χ4n) is 3.80. The Hall–Kier alpha value is -3.66. The van der Waals surface area contributed by atoms with Crippen LogP contribution >= 0.6 is 0 Å². The summed E-state index contributed by atoms with van der Waals surface area (Å²) >= 11 is 0. The second-order valence-electron chi connectivity index (χ2n) is 7.34. The minimum absolute atomic E-state index is 0.0267. The van der Waals surface area contributed by atoms with E-state index in [0.29, 0.717) is 17.6 Å². The number of hydrogen-bond donors (Lipinski definition) is 0. The Balaban J connectivity index is 1.61. The van der Waals surface area contributed by atoms with Gasteiger partial charge in [0.05, 0.1) is 23.0 Å². The van der Waals surface area contributed by atoms with Gasteiger partial charge in [-0.05, 0) is 36.8 Å². The maximum Gasteiger partial charge on any atom is 0.345 e. The van der Waals surface area contributed by atoms with Crippen molar-refractivity contribution in [2.45, 2.75) is 19.4 Å². The first-order valence-corrected chi connectivity index (χ1v) is 9.71. The average Bonchev–Trinajstić information content (AvgIpc) is 3.19. The Morgan fingerprint density at radius 2 is 1.66 bits per heavy atom. The van der Waals surface area contributed by atoms with E-state index < -0.39 is 0 Å². The molecule has 0 fully saturated rings. The first-order chi connectivity index (χ1) is 14.2. The van der Waals surface area contributed by atoms with Gasteiger partial charge in [0, 0.05) is 11.8 Å². The summed E-state index contributed by atoms with van der Waals surface area (Å²) in [6, 6.07) is 28.0. The summed E-state index contributed by atoms with van der Waals surface area (Å²) in [5.74, 6) is 0. The number of para-hydroxylation sites is 2. The van der Waals surface area contributed by atoms with E-state index in [4.69, 9.17) is 9.52 Å². The van der Waals surface area contributed by atoms with Crippen LogP contribution in [0.15, 0.2) is 99.2 Å². The minimum Gasteiger partial charge on any atom is -0.422 e. The largest absolute Gasteiger partial charge is 0.422 e. The maximum atomic E-state index is 12.7. The van der Waals surface area contributed by atoms with Crippen molar-refractivity contribution in [3.05, 3.63) is 112 Å². The molecule has 5 rings (SSSR count). The van der Waals surface area contributed by atoms with Gasteiger partial charge < -0.3 is 4.42 Å². The number of hydrazone groups is 1. The normalized spacial score (nSPS) is 16.2. The highest BCUT2D eigenvalue weighted by molar-refractivity contribution is 6.04. The van der Waals surface area contributed by atoms with Gasteiger partial charge in [-0.25, -0.2) is 4.79 Å². The Kier molecular flexibility index (Phi) is 4.24. The van der Waals surface area contributed by atoms with Crippen LogP contribution in [0.2, 0.25) is 0 Å². The van der Waals surface area contributed by atoms with Gasteiger partial charge in [0.25, 0.3) is 0 Å². The zero-order chi connectivity index (χ0) is 19.8. The van der Waals surface area contributed by atoms with Crippen LogP contribution in [0.1, 0.15) is 29.2 Å². The molecular formula is C25H20N2O2. The van der Waals surface area contributed by atoms with Crippen LogP contribution in [0.5, 0.6) is 0 Å². The molecule has 4 nitrogen and oxygen atoms in total. The predicted octanol–water partition coefficient (Wildman–Crippen LogP) is 5.46. The fourth-order valence-corrected chi connectivity index (χ4v) is 3.80. The molecule has 0 bridgehead atoms. The van der Waals surface area contributed by atoms with Crippen molar-refractivity contribution < 1.29 is 4.42 Å². The Labute approximate surface area is 168 Å². The van der Waals surface area contributed by atoms with E-state index in [-0.39, 0.29) is 11.7 Å². The zero-order valence-corrected chi connectivity index (χ0v) is 16.1. The van der Waals surface area contributed by atoms with E-state index in [2.05, 4.69) is 31.2 Å². The lowest BCUT2D eigenvalue weighted by Crippen LogP contribution is -2.18. The zero-order valence-electron chi connectivity index (χ0n) is 16.1. The molecule has 2 heterocycles. The van der Waals surface area contributed by atoms with Gasteiger partial charge >= 0.3 is 5.63 Å². The van der Waals surface area contributed by atoms with Crippen molar-refractivity contribution >= 4 is 22.4 Å².